The maximum atomic E-state index is 12.2. The third-order valence-corrected chi connectivity index (χ3v) is 3.69. The van der Waals surface area contributed by atoms with E-state index in [0.29, 0.717) is 23.6 Å². The molecule has 0 atom stereocenters. The molecule has 2 aromatic carbocycles. The van der Waals surface area contributed by atoms with E-state index in [1.165, 1.54) is 0 Å². The lowest BCUT2D eigenvalue weighted by atomic mass is 10.1. The second-order valence-corrected chi connectivity index (χ2v) is 7.20. The number of ether oxygens (including phenoxy) is 2. The quantitative estimate of drug-likeness (QED) is 0.665. The Kier molecular flexibility index (Phi) is 5.63. The van der Waals surface area contributed by atoms with Crippen LogP contribution in [-0.4, -0.2) is 22.6 Å². The van der Waals surface area contributed by atoms with E-state index in [1.807, 2.05) is 18.2 Å². The number of alkyl carbamates (subject to hydrolysis) is 1. The van der Waals surface area contributed by atoms with Crippen molar-refractivity contribution in [1.29, 1.82) is 0 Å². The second kappa shape index (κ2) is 8.12. The Morgan fingerprint density at radius 3 is 2.46 bits per heavy atom. The highest BCUT2D eigenvalue weighted by Crippen LogP contribution is 2.16. The molecular weight excluding hydrogens is 360 g/mol. The molecule has 3 rings (SSSR count). The Bertz CT molecular complexity index is 937. The number of hydrogen-bond acceptors (Lipinski definition) is 6. The molecule has 0 radical (unpaired) electrons. The van der Waals surface area contributed by atoms with E-state index in [2.05, 4.69) is 10.3 Å². The summed E-state index contributed by atoms with van der Waals surface area (Å²) >= 11 is 0. The predicted octanol–water partition coefficient (Wildman–Crippen LogP) is 4.21. The van der Waals surface area contributed by atoms with Crippen molar-refractivity contribution < 1.29 is 23.5 Å². The van der Waals surface area contributed by atoms with Crippen molar-refractivity contribution in [3.8, 4) is 0 Å². The number of hydrogen-bond donors (Lipinski definition) is 1. The van der Waals surface area contributed by atoms with Gasteiger partial charge in [-0.05, 0) is 50.6 Å². The number of carbonyl (C=O) groups excluding carboxylic acids is 2. The summed E-state index contributed by atoms with van der Waals surface area (Å²) < 4.78 is 16.0. The van der Waals surface area contributed by atoms with Gasteiger partial charge in [-0.2, -0.15) is 0 Å². The monoisotopic (exact) mass is 382 g/mol. The van der Waals surface area contributed by atoms with Gasteiger partial charge < -0.3 is 19.2 Å². The number of rotatable bonds is 5. The number of nitrogens with zero attached hydrogens (tertiary/aromatic N) is 1. The van der Waals surface area contributed by atoms with Crippen molar-refractivity contribution in [2.75, 3.05) is 0 Å². The molecule has 0 aliphatic heterocycles. The molecule has 3 aromatic rings. The van der Waals surface area contributed by atoms with E-state index < -0.39 is 17.7 Å². The van der Waals surface area contributed by atoms with Crippen molar-refractivity contribution >= 4 is 23.2 Å². The van der Waals surface area contributed by atoms with E-state index in [9.17, 15) is 9.59 Å². The zero-order valence-electron chi connectivity index (χ0n) is 16.0. The number of para-hydroxylation sites is 2. The normalized spacial score (nSPS) is 11.2. The van der Waals surface area contributed by atoms with Crippen LogP contribution >= 0.6 is 0 Å². The molecule has 7 heteroatoms. The van der Waals surface area contributed by atoms with Crippen LogP contribution in [0.1, 0.15) is 42.6 Å². The van der Waals surface area contributed by atoms with Gasteiger partial charge in [0.1, 0.15) is 11.1 Å². The minimum absolute atomic E-state index is 0.0462. The Balaban J connectivity index is 1.51. The molecule has 0 spiro atoms. The topological polar surface area (TPSA) is 90.7 Å². The first-order valence-electron chi connectivity index (χ1n) is 8.87. The lowest BCUT2D eigenvalue weighted by Gasteiger charge is -2.19. The lowest BCUT2D eigenvalue weighted by Crippen LogP contribution is -2.32. The largest absolute Gasteiger partial charge is 0.452 e. The van der Waals surface area contributed by atoms with Crippen LogP contribution in [0.3, 0.4) is 0 Å². The minimum Gasteiger partial charge on any atom is -0.452 e. The number of benzene rings is 2. The van der Waals surface area contributed by atoms with Gasteiger partial charge >= 0.3 is 12.1 Å². The van der Waals surface area contributed by atoms with E-state index in [1.54, 1.807) is 51.1 Å². The zero-order chi connectivity index (χ0) is 20.1. The Morgan fingerprint density at radius 1 is 1.07 bits per heavy atom. The molecule has 146 valence electrons. The molecule has 0 saturated carbocycles. The molecule has 0 bridgehead atoms. The summed E-state index contributed by atoms with van der Waals surface area (Å²) in [5.41, 5.74) is 2.05. The standard InChI is InChI=1S/C21H22N2O5/c1-21(2,3)28-20(25)22-12-14-8-10-15(11-9-14)19(24)26-13-18-23-16-6-4-5-7-17(16)27-18/h4-11H,12-13H2,1-3H3,(H,22,25). The summed E-state index contributed by atoms with van der Waals surface area (Å²) in [5.74, 6) is -0.137. The molecule has 7 nitrogen and oxygen atoms in total. The van der Waals surface area contributed by atoms with Gasteiger partial charge in [-0.25, -0.2) is 14.6 Å². The molecule has 0 unspecified atom stereocenters. The fourth-order valence-corrected chi connectivity index (χ4v) is 2.44. The van der Waals surface area contributed by atoms with Crippen LogP contribution in [0.5, 0.6) is 0 Å². The summed E-state index contributed by atoms with van der Waals surface area (Å²) in [6.45, 7) is 5.65. The highest BCUT2D eigenvalue weighted by Gasteiger charge is 2.16. The number of oxazole rings is 1. The van der Waals surface area contributed by atoms with Crippen molar-refractivity contribution in [2.24, 2.45) is 0 Å². The highest BCUT2D eigenvalue weighted by atomic mass is 16.6. The van der Waals surface area contributed by atoms with Crippen LogP contribution < -0.4 is 5.32 Å². The summed E-state index contributed by atoms with van der Waals surface area (Å²) in [5, 5.41) is 2.67. The molecule has 1 aromatic heterocycles. The molecule has 0 aliphatic carbocycles. The van der Waals surface area contributed by atoms with Crippen molar-refractivity contribution in [1.82, 2.24) is 10.3 Å². The number of nitrogens with one attached hydrogen (secondary N) is 1. The van der Waals surface area contributed by atoms with Crippen molar-refractivity contribution in [3.05, 3.63) is 65.5 Å². The Labute approximate surface area is 162 Å². The van der Waals surface area contributed by atoms with Gasteiger partial charge in [0.25, 0.3) is 0 Å². The summed E-state index contributed by atoms with van der Waals surface area (Å²) in [6, 6.07) is 14.1. The van der Waals surface area contributed by atoms with Gasteiger partial charge in [0.15, 0.2) is 12.2 Å². The summed E-state index contributed by atoms with van der Waals surface area (Å²) in [4.78, 5) is 28.1. The first kappa shape index (κ1) is 19.4. The van der Waals surface area contributed by atoms with Gasteiger partial charge in [0.05, 0.1) is 5.56 Å². The average Bonchev–Trinajstić information content (AvgIpc) is 3.06. The number of aromatic nitrogens is 1. The predicted molar refractivity (Wildman–Crippen MR) is 103 cm³/mol. The fraction of sp³-hybridized carbons (Fsp3) is 0.286. The third-order valence-electron chi connectivity index (χ3n) is 3.69. The minimum atomic E-state index is -0.549. The summed E-state index contributed by atoms with van der Waals surface area (Å²) in [7, 11) is 0. The average molecular weight is 382 g/mol. The second-order valence-electron chi connectivity index (χ2n) is 7.20. The molecule has 0 saturated heterocycles. The SMILES string of the molecule is CC(C)(C)OC(=O)NCc1ccc(C(=O)OCc2nc3ccccc3o2)cc1. The van der Waals surface area contributed by atoms with Crippen LogP contribution in [0, 0.1) is 0 Å². The van der Waals surface area contributed by atoms with Crippen molar-refractivity contribution in [3.63, 3.8) is 0 Å². The van der Waals surface area contributed by atoms with Crippen LogP contribution in [0.15, 0.2) is 52.9 Å². The van der Waals surface area contributed by atoms with E-state index in [0.717, 1.165) is 11.1 Å². The van der Waals surface area contributed by atoms with Gasteiger partial charge in [0.2, 0.25) is 5.89 Å². The Hall–Kier alpha value is -3.35. The number of amides is 1. The maximum absolute atomic E-state index is 12.2. The first-order valence-corrected chi connectivity index (χ1v) is 8.87. The van der Waals surface area contributed by atoms with Gasteiger partial charge in [-0.15, -0.1) is 0 Å². The summed E-state index contributed by atoms with van der Waals surface area (Å²) in [6.07, 6.45) is -0.491. The number of carbonyl (C=O) groups is 2. The van der Waals surface area contributed by atoms with Gasteiger partial charge in [-0.1, -0.05) is 24.3 Å². The van der Waals surface area contributed by atoms with Crippen LogP contribution in [0.4, 0.5) is 4.79 Å². The smallest absolute Gasteiger partial charge is 0.407 e. The van der Waals surface area contributed by atoms with E-state index in [4.69, 9.17) is 13.9 Å². The van der Waals surface area contributed by atoms with Crippen molar-refractivity contribution in [2.45, 2.75) is 39.5 Å². The highest BCUT2D eigenvalue weighted by molar-refractivity contribution is 5.89. The molecule has 1 N–H and O–H groups in total. The van der Waals surface area contributed by atoms with E-state index in [-0.39, 0.29) is 6.61 Å². The lowest BCUT2D eigenvalue weighted by molar-refractivity contribution is 0.0439. The van der Waals surface area contributed by atoms with Gasteiger partial charge in [-0.3, -0.25) is 0 Å². The van der Waals surface area contributed by atoms with Crippen LogP contribution in [-0.2, 0) is 22.6 Å². The van der Waals surface area contributed by atoms with Crippen LogP contribution in [0.25, 0.3) is 11.1 Å². The van der Waals surface area contributed by atoms with E-state index >= 15 is 0 Å². The molecule has 0 fully saturated rings. The molecular formula is C21H22N2O5. The maximum Gasteiger partial charge on any atom is 0.407 e. The zero-order valence-corrected chi connectivity index (χ0v) is 16.0. The molecule has 28 heavy (non-hydrogen) atoms. The third kappa shape index (κ3) is 5.33. The fourth-order valence-electron chi connectivity index (χ4n) is 2.44. The number of esters is 1. The molecule has 1 amide bonds. The molecule has 1 heterocycles. The molecule has 0 aliphatic rings. The van der Waals surface area contributed by atoms with Gasteiger partial charge in [0, 0.05) is 6.54 Å². The van der Waals surface area contributed by atoms with Crippen LogP contribution in [0.2, 0.25) is 0 Å². The number of fused-ring (bicyclic) bond motifs is 1. The Morgan fingerprint density at radius 2 is 1.79 bits per heavy atom. The first-order chi connectivity index (χ1) is 13.3.